The number of hydrogen-bond donors (Lipinski definition) is 3. The van der Waals surface area contributed by atoms with Crippen LogP contribution in [0.5, 0.6) is 0 Å². The highest BCUT2D eigenvalue weighted by atomic mass is 16.5. The Labute approximate surface area is 157 Å². The molecule has 0 radical (unpaired) electrons. The number of amides is 2. The number of esters is 1. The van der Waals surface area contributed by atoms with Gasteiger partial charge in [-0.05, 0) is 48.8 Å². The molecule has 0 unspecified atom stereocenters. The quantitative estimate of drug-likeness (QED) is 0.400. The lowest BCUT2D eigenvalue weighted by molar-refractivity contribution is -0.137. The molecule has 27 heavy (non-hydrogen) atoms. The van der Waals surface area contributed by atoms with Crippen molar-refractivity contribution in [1.29, 1.82) is 0 Å². The average molecular weight is 369 g/mol. The van der Waals surface area contributed by atoms with E-state index in [0.717, 1.165) is 25.7 Å². The molecule has 1 aromatic rings. The van der Waals surface area contributed by atoms with Crippen LogP contribution in [0.3, 0.4) is 0 Å². The Kier molecular flexibility index (Phi) is 4.55. The summed E-state index contributed by atoms with van der Waals surface area (Å²) in [5.41, 5.74) is 6.84. The van der Waals surface area contributed by atoms with E-state index in [-0.39, 0.29) is 22.7 Å². The monoisotopic (exact) mass is 369 g/mol. The zero-order valence-corrected chi connectivity index (χ0v) is 15.3. The second kappa shape index (κ2) is 6.57. The Balaban J connectivity index is 1.59. The fourth-order valence-electron chi connectivity index (χ4n) is 4.25. The van der Waals surface area contributed by atoms with Crippen LogP contribution in [0.4, 0.5) is 5.69 Å². The van der Waals surface area contributed by atoms with Gasteiger partial charge in [0.05, 0.1) is 18.2 Å². The Hall–Kier alpha value is -3.09. The molecule has 4 rings (SSSR count). The third-order valence-corrected chi connectivity index (χ3v) is 5.68. The molecular weight excluding hydrogens is 346 g/mol. The molecule has 1 aromatic carbocycles. The van der Waals surface area contributed by atoms with Crippen LogP contribution in [0.25, 0.3) is 0 Å². The summed E-state index contributed by atoms with van der Waals surface area (Å²) in [5.74, 6) is -1.67. The van der Waals surface area contributed by atoms with Crippen LogP contribution in [-0.2, 0) is 24.5 Å². The number of anilines is 1. The fourth-order valence-corrected chi connectivity index (χ4v) is 4.25. The summed E-state index contributed by atoms with van der Waals surface area (Å²) >= 11 is 0. The number of carbonyl (C=O) groups is 3. The van der Waals surface area contributed by atoms with Crippen LogP contribution in [-0.4, -0.2) is 24.9 Å². The van der Waals surface area contributed by atoms with E-state index in [0.29, 0.717) is 5.69 Å². The number of carbonyl (C=O) groups excluding carboxylic acids is 3. The van der Waals surface area contributed by atoms with Gasteiger partial charge in [0.25, 0.3) is 5.91 Å². The largest absolute Gasteiger partial charge is 0.464 e. The molecule has 7 heteroatoms. The van der Waals surface area contributed by atoms with E-state index in [1.54, 1.807) is 0 Å². The van der Waals surface area contributed by atoms with E-state index in [1.807, 2.05) is 24.3 Å². The van der Waals surface area contributed by atoms with E-state index in [9.17, 15) is 14.4 Å². The number of rotatable bonds is 6. The topological polar surface area (TPSA) is 111 Å². The van der Waals surface area contributed by atoms with Gasteiger partial charge in [-0.1, -0.05) is 25.3 Å². The Morgan fingerprint density at radius 2 is 1.67 bits per heavy atom. The molecule has 2 amide bonds. The van der Waals surface area contributed by atoms with Crippen LogP contribution in [0.1, 0.15) is 31.2 Å². The van der Waals surface area contributed by atoms with Gasteiger partial charge >= 0.3 is 5.97 Å². The minimum absolute atomic E-state index is 0.00774. The van der Waals surface area contributed by atoms with Gasteiger partial charge < -0.3 is 21.1 Å². The van der Waals surface area contributed by atoms with Gasteiger partial charge in [0.1, 0.15) is 5.70 Å². The molecule has 142 valence electrons. The summed E-state index contributed by atoms with van der Waals surface area (Å²) in [4.78, 5) is 36.1. The summed E-state index contributed by atoms with van der Waals surface area (Å²) in [6.45, 7) is 6.99. The molecule has 3 aliphatic carbocycles. The predicted molar refractivity (Wildman–Crippen MR) is 100 cm³/mol. The maximum absolute atomic E-state index is 12.7. The summed E-state index contributed by atoms with van der Waals surface area (Å²) < 4.78 is 4.46. The molecule has 0 spiro atoms. The fraction of sp³-hybridized carbons (Fsp3) is 0.350. The number of ether oxygens (including phenoxy) is 1. The molecule has 0 heterocycles. The predicted octanol–water partition coefficient (Wildman–Crippen LogP) is 1.51. The first-order valence-corrected chi connectivity index (χ1v) is 8.66. The van der Waals surface area contributed by atoms with Gasteiger partial charge in [-0.25, -0.2) is 4.79 Å². The maximum atomic E-state index is 12.7. The molecule has 7 nitrogen and oxygen atoms in total. The Bertz CT molecular complexity index is 835. The highest BCUT2D eigenvalue weighted by Crippen LogP contribution is 2.67. The van der Waals surface area contributed by atoms with Gasteiger partial charge in [0.15, 0.2) is 0 Å². The van der Waals surface area contributed by atoms with Crippen LogP contribution in [0.2, 0.25) is 0 Å². The Morgan fingerprint density at radius 1 is 1.04 bits per heavy atom. The van der Waals surface area contributed by atoms with Crippen LogP contribution < -0.4 is 16.4 Å². The first-order chi connectivity index (χ1) is 12.7. The van der Waals surface area contributed by atoms with Crippen molar-refractivity contribution in [3.05, 3.63) is 54.4 Å². The molecule has 0 saturated heterocycles. The molecule has 3 aliphatic rings. The van der Waals surface area contributed by atoms with Crippen LogP contribution in [0.15, 0.2) is 48.8 Å². The van der Waals surface area contributed by atoms with Crippen molar-refractivity contribution < 1.29 is 19.1 Å². The smallest absolute Gasteiger partial charge is 0.353 e. The van der Waals surface area contributed by atoms with Gasteiger partial charge in [-0.15, -0.1) is 0 Å². The molecular formula is C20H23N3O4. The number of fused-ring (bicyclic) bond motifs is 1. The number of nitrogens with one attached hydrogen (secondary N) is 2. The molecule has 2 bridgehead atoms. The lowest BCUT2D eigenvalue weighted by Crippen LogP contribution is -2.51. The van der Waals surface area contributed by atoms with Crippen molar-refractivity contribution in [1.82, 2.24) is 10.6 Å². The first kappa shape index (κ1) is 18.7. The normalized spacial score (nSPS) is 25.1. The molecule has 0 aromatic heterocycles. The highest BCUT2D eigenvalue weighted by Gasteiger charge is 2.64. The zero-order valence-electron chi connectivity index (χ0n) is 15.3. The van der Waals surface area contributed by atoms with Crippen molar-refractivity contribution in [2.45, 2.75) is 31.1 Å². The van der Waals surface area contributed by atoms with Crippen molar-refractivity contribution in [2.24, 2.45) is 5.41 Å². The van der Waals surface area contributed by atoms with Crippen molar-refractivity contribution in [3.8, 4) is 0 Å². The molecule has 0 aliphatic heterocycles. The number of hydrogen-bond acceptors (Lipinski definition) is 5. The molecule has 3 saturated carbocycles. The molecule has 0 atom stereocenters. The molecule has 3 fully saturated rings. The number of methoxy groups -OCH3 is 1. The summed E-state index contributed by atoms with van der Waals surface area (Å²) in [6, 6.07) is 7.80. The highest BCUT2D eigenvalue weighted by molar-refractivity contribution is 6.02. The zero-order chi connectivity index (χ0) is 19.8. The van der Waals surface area contributed by atoms with Gasteiger partial charge in [0.2, 0.25) is 5.91 Å². The van der Waals surface area contributed by atoms with Crippen molar-refractivity contribution >= 4 is 23.5 Å². The van der Waals surface area contributed by atoms with E-state index in [2.05, 4.69) is 28.5 Å². The summed E-state index contributed by atoms with van der Waals surface area (Å²) in [6.07, 6.45) is 3.15. The van der Waals surface area contributed by atoms with Gasteiger partial charge in [-0.3, -0.25) is 9.59 Å². The SMILES string of the molecule is C=C(NC(=O)C12CCC(c3ccc(N)cc3)(C1)C2)C(=O)NC(=C)C(=O)OC. The average Bonchev–Trinajstić information content (AvgIpc) is 3.19. The van der Waals surface area contributed by atoms with E-state index < -0.39 is 17.3 Å². The van der Waals surface area contributed by atoms with E-state index in [1.165, 1.54) is 12.7 Å². The number of benzene rings is 1. The second-order valence-corrected chi connectivity index (χ2v) is 7.39. The Morgan fingerprint density at radius 3 is 2.26 bits per heavy atom. The van der Waals surface area contributed by atoms with Gasteiger partial charge in [-0.2, -0.15) is 0 Å². The van der Waals surface area contributed by atoms with E-state index in [4.69, 9.17) is 5.73 Å². The summed E-state index contributed by atoms with van der Waals surface area (Å²) in [5, 5.41) is 4.84. The lowest BCUT2D eigenvalue weighted by Gasteiger charge is -2.46. The number of nitrogen functional groups attached to an aromatic ring is 1. The third kappa shape index (κ3) is 3.20. The minimum atomic E-state index is -0.760. The maximum Gasteiger partial charge on any atom is 0.353 e. The van der Waals surface area contributed by atoms with Crippen LogP contribution in [0, 0.1) is 5.41 Å². The first-order valence-electron chi connectivity index (χ1n) is 8.66. The summed E-state index contributed by atoms with van der Waals surface area (Å²) in [7, 11) is 1.18. The lowest BCUT2D eigenvalue weighted by atomic mass is 9.57. The van der Waals surface area contributed by atoms with Crippen LogP contribution >= 0.6 is 0 Å². The third-order valence-electron chi connectivity index (χ3n) is 5.68. The molecule has 4 N–H and O–H groups in total. The minimum Gasteiger partial charge on any atom is -0.464 e. The number of nitrogens with two attached hydrogens (primary N) is 1. The van der Waals surface area contributed by atoms with E-state index >= 15 is 0 Å². The van der Waals surface area contributed by atoms with Gasteiger partial charge in [0, 0.05) is 5.69 Å². The standard InChI is InChI=1S/C20H23N3O4/c1-12(16(24)22-13(2)17(25)27-3)23-18(26)20-9-8-19(10-20,11-20)14-4-6-15(21)7-5-14/h4-7H,1-2,8-11,21H2,3H3,(H,22,24)(H,23,26). The van der Waals surface area contributed by atoms with Crippen molar-refractivity contribution in [2.75, 3.05) is 12.8 Å². The van der Waals surface area contributed by atoms with Crippen molar-refractivity contribution in [3.63, 3.8) is 0 Å². The second-order valence-electron chi connectivity index (χ2n) is 7.39.